The molecule has 0 bridgehead atoms. The molecule has 0 atom stereocenters. The summed E-state index contributed by atoms with van der Waals surface area (Å²) in [6, 6.07) is 12.1. The topological polar surface area (TPSA) is 32.3 Å². The molecule has 0 saturated carbocycles. The van der Waals surface area contributed by atoms with E-state index in [1.165, 1.54) is 11.6 Å². The Kier molecular flexibility index (Phi) is 4.53. The number of rotatable bonds is 5. The fourth-order valence-corrected chi connectivity index (χ4v) is 2.01. The van der Waals surface area contributed by atoms with Gasteiger partial charge in [-0.25, -0.2) is 4.39 Å². The minimum absolute atomic E-state index is 0.182. The molecule has 0 aliphatic rings. The van der Waals surface area contributed by atoms with Gasteiger partial charge in [0.25, 0.3) is 0 Å². The zero-order valence-corrected chi connectivity index (χ0v) is 11.0. The molecule has 0 aromatic heterocycles. The number of aryl methyl sites for hydroxylation is 1. The summed E-state index contributed by atoms with van der Waals surface area (Å²) in [7, 11) is 0. The van der Waals surface area contributed by atoms with Gasteiger partial charge in [0.1, 0.15) is 11.6 Å². The van der Waals surface area contributed by atoms with Crippen molar-refractivity contribution in [2.75, 3.05) is 6.54 Å². The fourth-order valence-electron chi connectivity index (χ4n) is 2.01. The molecule has 0 aliphatic carbocycles. The molecule has 2 aromatic carbocycles. The van der Waals surface area contributed by atoms with E-state index >= 15 is 0 Å². The van der Waals surface area contributed by atoms with Crippen LogP contribution in [0.2, 0.25) is 0 Å². The van der Waals surface area contributed by atoms with Gasteiger partial charge in [0.15, 0.2) is 0 Å². The average molecular weight is 259 g/mol. The van der Waals surface area contributed by atoms with E-state index in [0.29, 0.717) is 0 Å². The van der Waals surface area contributed by atoms with Crippen LogP contribution >= 0.6 is 0 Å². The lowest BCUT2D eigenvalue weighted by Crippen LogP contribution is -2.17. The first-order valence-corrected chi connectivity index (χ1v) is 6.39. The van der Waals surface area contributed by atoms with Crippen LogP contribution in [0.1, 0.15) is 16.7 Å². The first-order valence-electron chi connectivity index (χ1n) is 6.39. The van der Waals surface area contributed by atoms with Crippen molar-refractivity contribution in [3.63, 3.8) is 0 Å². The van der Waals surface area contributed by atoms with Gasteiger partial charge in [0, 0.05) is 6.54 Å². The summed E-state index contributed by atoms with van der Waals surface area (Å²) in [6.45, 7) is 3.53. The lowest BCUT2D eigenvalue weighted by molar-refractivity contribution is 0.475. The van der Waals surface area contributed by atoms with Crippen LogP contribution < -0.4 is 5.32 Å². The Morgan fingerprint density at radius 2 is 1.84 bits per heavy atom. The Balaban J connectivity index is 1.79. The van der Waals surface area contributed by atoms with E-state index < -0.39 is 0 Å². The number of nitrogens with one attached hydrogen (secondary N) is 1. The van der Waals surface area contributed by atoms with Gasteiger partial charge in [-0.2, -0.15) is 0 Å². The molecule has 0 radical (unpaired) electrons. The predicted molar refractivity (Wildman–Crippen MR) is 74.7 cm³/mol. The summed E-state index contributed by atoms with van der Waals surface area (Å²) in [5.74, 6) is 0.101. The normalized spacial score (nSPS) is 10.6. The summed E-state index contributed by atoms with van der Waals surface area (Å²) in [5.41, 5.74) is 3.29. The van der Waals surface area contributed by atoms with E-state index in [4.69, 9.17) is 0 Å². The predicted octanol–water partition coefficient (Wildman–Crippen LogP) is 3.17. The summed E-state index contributed by atoms with van der Waals surface area (Å²) in [4.78, 5) is 0. The molecule has 0 heterocycles. The van der Waals surface area contributed by atoms with Gasteiger partial charge in [-0.15, -0.1) is 0 Å². The second-order valence-electron chi connectivity index (χ2n) is 4.66. The lowest BCUT2D eigenvalue weighted by Gasteiger charge is -2.08. The zero-order chi connectivity index (χ0) is 13.7. The summed E-state index contributed by atoms with van der Waals surface area (Å²) < 4.78 is 13.0. The standard InChI is InChI=1S/C16H18FNO/c1-12-10-15(17)5-4-14(12)8-9-18-11-13-2-6-16(19)7-3-13/h2-7,10,18-19H,8-9,11H2,1H3. The van der Waals surface area contributed by atoms with Crippen LogP contribution in [0.5, 0.6) is 5.75 Å². The highest BCUT2D eigenvalue weighted by atomic mass is 19.1. The summed E-state index contributed by atoms with van der Waals surface area (Å²) in [6.07, 6.45) is 0.879. The SMILES string of the molecule is Cc1cc(F)ccc1CCNCc1ccc(O)cc1. The number of hydrogen-bond donors (Lipinski definition) is 2. The van der Waals surface area contributed by atoms with Crippen LogP contribution in [0.15, 0.2) is 42.5 Å². The molecule has 2 nitrogen and oxygen atoms in total. The largest absolute Gasteiger partial charge is 0.508 e. The number of aromatic hydroxyl groups is 1. The number of hydrogen-bond acceptors (Lipinski definition) is 2. The first kappa shape index (κ1) is 13.6. The second-order valence-corrected chi connectivity index (χ2v) is 4.66. The van der Waals surface area contributed by atoms with Gasteiger partial charge in [0.2, 0.25) is 0 Å². The fraction of sp³-hybridized carbons (Fsp3) is 0.250. The minimum atomic E-state index is -0.182. The van der Waals surface area contributed by atoms with Crippen molar-refractivity contribution >= 4 is 0 Å². The minimum Gasteiger partial charge on any atom is -0.508 e. The molecule has 0 fully saturated rings. The van der Waals surface area contributed by atoms with Gasteiger partial charge < -0.3 is 10.4 Å². The van der Waals surface area contributed by atoms with Crippen molar-refractivity contribution < 1.29 is 9.50 Å². The molecule has 0 amide bonds. The Bertz CT molecular complexity index is 537. The molecular weight excluding hydrogens is 241 g/mol. The van der Waals surface area contributed by atoms with Crippen molar-refractivity contribution in [3.8, 4) is 5.75 Å². The van der Waals surface area contributed by atoms with E-state index in [1.54, 1.807) is 18.2 Å². The monoisotopic (exact) mass is 259 g/mol. The molecule has 0 spiro atoms. The molecule has 0 saturated heterocycles. The molecule has 0 aliphatic heterocycles. The second kappa shape index (κ2) is 6.34. The van der Waals surface area contributed by atoms with Crippen LogP contribution in [0.4, 0.5) is 4.39 Å². The van der Waals surface area contributed by atoms with E-state index in [9.17, 15) is 9.50 Å². The van der Waals surface area contributed by atoms with Gasteiger partial charge in [-0.3, -0.25) is 0 Å². The summed E-state index contributed by atoms with van der Waals surface area (Å²) >= 11 is 0. The molecule has 19 heavy (non-hydrogen) atoms. The molecule has 3 heteroatoms. The summed E-state index contributed by atoms with van der Waals surface area (Å²) in [5, 5.41) is 12.5. The molecule has 2 rings (SSSR count). The molecule has 100 valence electrons. The average Bonchev–Trinajstić information content (AvgIpc) is 2.39. The quantitative estimate of drug-likeness (QED) is 0.808. The molecule has 2 aromatic rings. The lowest BCUT2D eigenvalue weighted by atomic mass is 10.1. The van der Waals surface area contributed by atoms with Crippen LogP contribution in [0.25, 0.3) is 0 Å². The van der Waals surface area contributed by atoms with E-state index in [0.717, 1.165) is 30.6 Å². The van der Waals surface area contributed by atoms with Crippen molar-refractivity contribution in [1.82, 2.24) is 5.32 Å². The van der Waals surface area contributed by atoms with Crippen LogP contribution in [-0.2, 0) is 13.0 Å². The third-order valence-corrected chi connectivity index (χ3v) is 3.14. The number of benzene rings is 2. The molecule has 2 N–H and O–H groups in total. The third kappa shape index (κ3) is 4.07. The van der Waals surface area contributed by atoms with Crippen molar-refractivity contribution in [2.24, 2.45) is 0 Å². The molecular formula is C16H18FNO. The number of phenolic OH excluding ortho intramolecular Hbond substituents is 1. The van der Waals surface area contributed by atoms with Crippen molar-refractivity contribution in [1.29, 1.82) is 0 Å². The third-order valence-electron chi connectivity index (χ3n) is 3.14. The Hall–Kier alpha value is -1.87. The number of halogens is 1. The zero-order valence-electron chi connectivity index (χ0n) is 11.0. The highest BCUT2D eigenvalue weighted by Gasteiger charge is 2.00. The van der Waals surface area contributed by atoms with E-state index in [1.807, 2.05) is 25.1 Å². The van der Waals surface area contributed by atoms with Gasteiger partial charge in [-0.05, 0) is 60.8 Å². The van der Waals surface area contributed by atoms with E-state index in [-0.39, 0.29) is 11.6 Å². The maximum atomic E-state index is 13.0. The number of phenols is 1. The van der Waals surface area contributed by atoms with Gasteiger partial charge in [-0.1, -0.05) is 18.2 Å². The van der Waals surface area contributed by atoms with Crippen LogP contribution in [0.3, 0.4) is 0 Å². The molecule has 0 unspecified atom stereocenters. The van der Waals surface area contributed by atoms with Gasteiger partial charge >= 0.3 is 0 Å². The Morgan fingerprint density at radius 3 is 2.53 bits per heavy atom. The van der Waals surface area contributed by atoms with Crippen LogP contribution in [0, 0.1) is 12.7 Å². The van der Waals surface area contributed by atoms with E-state index in [2.05, 4.69) is 5.32 Å². The van der Waals surface area contributed by atoms with Crippen molar-refractivity contribution in [3.05, 3.63) is 65.0 Å². The van der Waals surface area contributed by atoms with Gasteiger partial charge in [0.05, 0.1) is 0 Å². The smallest absolute Gasteiger partial charge is 0.123 e. The van der Waals surface area contributed by atoms with Crippen LogP contribution in [-0.4, -0.2) is 11.7 Å². The Morgan fingerprint density at radius 1 is 1.11 bits per heavy atom. The highest BCUT2D eigenvalue weighted by Crippen LogP contribution is 2.11. The first-order chi connectivity index (χ1) is 9.15. The maximum absolute atomic E-state index is 13.0. The van der Waals surface area contributed by atoms with Crippen molar-refractivity contribution in [2.45, 2.75) is 19.9 Å². The Labute approximate surface area is 112 Å². The maximum Gasteiger partial charge on any atom is 0.123 e. The highest BCUT2D eigenvalue weighted by molar-refractivity contribution is 5.27.